The molecule has 1 aliphatic heterocycles. The van der Waals surface area contributed by atoms with Crippen molar-refractivity contribution in [2.75, 3.05) is 11.9 Å². The molecule has 120 valence electrons. The van der Waals surface area contributed by atoms with Gasteiger partial charge in [0.15, 0.2) is 0 Å². The first-order valence-electron chi connectivity index (χ1n) is 8.19. The predicted molar refractivity (Wildman–Crippen MR) is 95.1 cm³/mol. The molecule has 0 amide bonds. The van der Waals surface area contributed by atoms with E-state index in [4.69, 9.17) is 4.74 Å². The van der Waals surface area contributed by atoms with Gasteiger partial charge in [-0.25, -0.2) is 0 Å². The van der Waals surface area contributed by atoms with Crippen molar-refractivity contribution in [2.24, 2.45) is 0 Å². The molecule has 0 radical (unpaired) electrons. The van der Waals surface area contributed by atoms with Crippen LogP contribution in [0.1, 0.15) is 23.6 Å². The van der Waals surface area contributed by atoms with E-state index in [-0.39, 0.29) is 6.04 Å². The van der Waals surface area contributed by atoms with Gasteiger partial charge >= 0.3 is 0 Å². The van der Waals surface area contributed by atoms with Crippen molar-refractivity contribution in [3.63, 3.8) is 0 Å². The van der Waals surface area contributed by atoms with Crippen LogP contribution in [0.2, 0.25) is 0 Å². The molecule has 0 aliphatic carbocycles. The van der Waals surface area contributed by atoms with Gasteiger partial charge in [0.25, 0.3) is 0 Å². The number of nitrogens with zero attached hydrogens (tertiary/aromatic N) is 2. The molecule has 0 fully saturated rings. The van der Waals surface area contributed by atoms with Crippen molar-refractivity contribution >= 4 is 5.82 Å². The minimum absolute atomic E-state index is 0.200. The van der Waals surface area contributed by atoms with E-state index in [1.165, 1.54) is 11.1 Å². The van der Waals surface area contributed by atoms with Gasteiger partial charge in [0.05, 0.1) is 18.3 Å². The predicted octanol–water partition coefficient (Wildman–Crippen LogP) is 4.39. The number of aromatic nitrogens is 2. The van der Waals surface area contributed by atoms with Crippen LogP contribution in [0.3, 0.4) is 0 Å². The van der Waals surface area contributed by atoms with Crippen molar-refractivity contribution in [1.29, 1.82) is 0 Å². The first-order chi connectivity index (χ1) is 11.8. The maximum atomic E-state index is 5.75. The summed E-state index contributed by atoms with van der Waals surface area (Å²) < 4.78 is 5.75. The third-order valence-electron chi connectivity index (χ3n) is 4.26. The lowest BCUT2D eigenvalue weighted by Gasteiger charge is -2.27. The van der Waals surface area contributed by atoms with E-state index in [0.717, 1.165) is 29.2 Å². The number of fused-ring (bicyclic) bond motifs is 1. The van der Waals surface area contributed by atoms with E-state index >= 15 is 0 Å². The second kappa shape index (κ2) is 6.32. The normalized spacial score (nSPS) is 16.1. The van der Waals surface area contributed by atoms with E-state index in [1.54, 1.807) is 0 Å². The average molecular weight is 317 g/mol. The molecule has 1 aromatic heterocycles. The number of aryl methyl sites for hydroxylation is 1. The van der Waals surface area contributed by atoms with E-state index in [9.17, 15) is 0 Å². The van der Waals surface area contributed by atoms with Crippen molar-refractivity contribution < 1.29 is 4.74 Å². The Morgan fingerprint density at radius 3 is 2.67 bits per heavy atom. The van der Waals surface area contributed by atoms with Gasteiger partial charge in [0.1, 0.15) is 11.6 Å². The Morgan fingerprint density at radius 1 is 1.00 bits per heavy atom. The molecule has 4 rings (SSSR count). The molecule has 0 saturated carbocycles. The fourth-order valence-corrected chi connectivity index (χ4v) is 3.01. The largest absolute Gasteiger partial charge is 0.493 e. The van der Waals surface area contributed by atoms with Gasteiger partial charge in [-0.2, -0.15) is 0 Å². The van der Waals surface area contributed by atoms with Crippen molar-refractivity contribution in [3.05, 3.63) is 71.8 Å². The van der Waals surface area contributed by atoms with Crippen LogP contribution in [0.4, 0.5) is 5.82 Å². The van der Waals surface area contributed by atoms with E-state index < -0.39 is 0 Å². The summed E-state index contributed by atoms with van der Waals surface area (Å²) in [6, 6.07) is 20.6. The second-order valence-corrected chi connectivity index (χ2v) is 6.05. The number of anilines is 1. The van der Waals surface area contributed by atoms with Gasteiger partial charge in [-0.3, -0.25) is 0 Å². The summed E-state index contributed by atoms with van der Waals surface area (Å²) in [7, 11) is 0. The van der Waals surface area contributed by atoms with Gasteiger partial charge in [-0.15, -0.1) is 10.2 Å². The molecule has 0 saturated heterocycles. The van der Waals surface area contributed by atoms with Crippen LogP contribution in [-0.4, -0.2) is 16.8 Å². The van der Waals surface area contributed by atoms with Gasteiger partial charge in [0.2, 0.25) is 0 Å². The number of hydrogen-bond acceptors (Lipinski definition) is 4. The highest BCUT2D eigenvalue weighted by Crippen LogP contribution is 2.34. The highest BCUT2D eigenvalue weighted by atomic mass is 16.5. The van der Waals surface area contributed by atoms with Crippen molar-refractivity contribution in [2.45, 2.75) is 19.4 Å². The van der Waals surface area contributed by atoms with Crippen LogP contribution in [-0.2, 0) is 0 Å². The zero-order chi connectivity index (χ0) is 16.4. The summed E-state index contributed by atoms with van der Waals surface area (Å²) in [4.78, 5) is 0. The third-order valence-corrected chi connectivity index (χ3v) is 4.26. The zero-order valence-corrected chi connectivity index (χ0v) is 13.6. The molecular weight excluding hydrogens is 298 g/mol. The molecular formula is C20H19N3O. The summed E-state index contributed by atoms with van der Waals surface area (Å²) >= 11 is 0. The number of rotatable bonds is 3. The minimum Gasteiger partial charge on any atom is -0.493 e. The molecule has 0 bridgehead atoms. The fourth-order valence-electron chi connectivity index (χ4n) is 3.01. The summed E-state index contributed by atoms with van der Waals surface area (Å²) in [6.07, 6.45) is 0.915. The van der Waals surface area contributed by atoms with Crippen LogP contribution in [0.5, 0.6) is 5.75 Å². The topological polar surface area (TPSA) is 47.0 Å². The zero-order valence-electron chi connectivity index (χ0n) is 13.6. The molecule has 1 atom stereocenters. The molecule has 4 heteroatoms. The summed E-state index contributed by atoms with van der Waals surface area (Å²) in [5, 5.41) is 12.2. The van der Waals surface area contributed by atoms with Crippen LogP contribution < -0.4 is 10.1 Å². The Labute approximate surface area is 141 Å². The molecule has 2 aromatic carbocycles. The lowest BCUT2D eigenvalue weighted by Crippen LogP contribution is -2.21. The van der Waals surface area contributed by atoms with Crippen LogP contribution in [0.25, 0.3) is 11.3 Å². The molecule has 1 aliphatic rings. The van der Waals surface area contributed by atoms with E-state index in [2.05, 4.69) is 34.6 Å². The maximum absolute atomic E-state index is 5.75. The lowest BCUT2D eigenvalue weighted by molar-refractivity contribution is 0.274. The smallest absolute Gasteiger partial charge is 0.149 e. The Morgan fingerprint density at radius 2 is 1.88 bits per heavy atom. The quantitative estimate of drug-likeness (QED) is 0.778. The SMILES string of the molecule is Cc1ccc2c(c1)C(Nc1ccc(-c3ccccc3)nn1)CCO2. The van der Waals surface area contributed by atoms with Gasteiger partial charge in [-0.05, 0) is 25.1 Å². The van der Waals surface area contributed by atoms with Crippen molar-refractivity contribution in [3.8, 4) is 17.0 Å². The lowest BCUT2D eigenvalue weighted by atomic mass is 9.98. The molecule has 1 unspecified atom stereocenters. The summed E-state index contributed by atoms with van der Waals surface area (Å²) in [5.41, 5.74) is 4.37. The van der Waals surface area contributed by atoms with Gasteiger partial charge in [-0.1, -0.05) is 48.0 Å². The molecule has 24 heavy (non-hydrogen) atoms. The van der Waals surface area contributed by atoms with Crippen molar-refractivity contribution in [1.82, 2.24) is 10.2 Å². The molecule has 2 heterocycles. The maximum Gasteiger partial charge on any atom is 0.149 e. The average Bonchev–Trinajstić information content (AvgIpc) is 2.64. The Kier molecular flexibility index (Phi) is 3.87. The molecule has 1 N–H and O–H groups in total. The van der Waals surface area contributed by atoms with Gasteiger partial charge < -0.3 is 10.1 Å². The van der Waals surface area contributed by atoms with Crippen LogP contribution >= 0.6 is 0 Å². The number of ether oxygens (including phenoxy) is 1. The fraction of sp³-hybridized carbons (Fsp3) is 0.200. The third kappa shape index (κ3) is 2.95. The molecule has 3 aromatic rings. The number of hydrogen-bond donors (Lipinski definition) is 1. The highest BCUT2D eigenvalue weighted by molar-refractivity contribution is 5.59. The van der Waals surface area contributed by atoms with E-state index in [1.807, 2.05) is 48.5 Å². The first-order valence-corrected chi connectivity index (χ1v) is 8.19. The van der Waals surface area contributed by atoms with E-state index in [0.29, 0.717) is 6.61 Å². The van der Waals surface area contributed by atoms with Gasteiger partial charge in [0, 0.05) is 17.5 Å². The number of nitrogens with one attached hydrogen (secondary N) is 1. The summed E-state index contributed by atoms with van der Waals surface area (Å²) in [6.45, 7) is 2.81. The minimum atomic E-state index is 0.200. The molecule has 0 spiro atoms. The summed E-state index contributed by atoms with van der Waals surface area (Å²) in [5.74, 6) is 1.74. The molecule has 4 nitrogen and oxygen atoms in total. The van der Waals surface area contributed by atoms with Crippen LogP contribution in [0, 0.1) is 6.92 Å². The highest BCUT2D eigenvalue weighted by Gasteiger charge is 2.21. The standard InChI is InChI=1S/C20H19N3O/c1-14-7-9-19-16(13-14)18(11-12-24-19)21-20-10-8-17(22-23-20)15-5-3-2-4-6-15/h2-10,13,18H,11-12H2,1H3,(H,21,23). The first kappa shape index (κ1) is 14.7. The van der Waals surface area contributed by atoms with Crippen LogP contribution in [0.15, 0.2) is 60.7 Å². The monoisotopic (exact) mass is 317 g/mol. The Bertz CT molecular complexity index is 831. The second-order valence-electron chi connectivity index (χ2n) is 6.05. The Hall–Kier alpha value is -2.88. The number of benzene rings is 2. The Balaban J connectivity index is 1.56.